The molecule has 0 spiro atoms. The number of rotatable bonds is 5. The van der Waals surface area contributed by atoms with E-state index in [0.29, 0.717) is 21.9 Å². The van der Waals surface area contributed by atoms with Gasteiger partial charge in [-0.2, -0.15) is 0 Å². The van der Waals surface area contributed by atoms with Gasteiger partial charge in [-0.1, -0.05) is 37.6 Å². The van der Waals surface area contributed by atoms with Crippen LogP contribution in [0.3, 0.4) is 0 Å². The molecule has 0 N–H and O–H groups in total. The quantitative estimate of drug-likeness (QED) is 0.426. The molecule has 0 unspecified atom stereocenters. The highest BCUT2D eigenvalue weighted by Gasteiger charge is 2.24. The molecular weight excluding hydrogens is 382 g/mol. The van der Waals surface area contributed by atoms with Gasteiger partial charge in [-0.05, 0) is 42.0 Å². The van der Waals surface area contributed by atoms with Gasteiger partial charge in [0, 0.05) is 10.6 Å². The number of hydrogen-bond donors (Lipinski definition) is 0. The molecule has 1 aliphatic rings. The number of hydrogen-bond acceptors (Lipinski definition) is 6. The van der Waals surface area contributed by atoms with Crippen molar-refractivity contribution in [2.24, 2.45) is 10.9 Å². The molecule has 0 aromatic heterocycles. The highest BCUT2D eigenvalue weighted by atomic mass is 35.5. The van der Waals surface area contributed by atoms with Crippen LogP contribution in [0.4, 0.5) is 0 Å². The molecule has 0 saturated carbocycles. The van der Waals surface area contributed by atoms with E-state index >= 15 is 0 Å². The molecule has 2 aromatic rings. The molecule has 0 radical (unpaired) electrons. The van der Waals surface area contributed by atoms with E-state index in [1.165, 1.54) is 7.11 Å². The highest BCUT2D eigenvalue weighted by Crippen LogP contribution is 2.30. The second-order valence-corrected chi connectivity index (χ2v) is 6.77. The molecule has 0 saturated heterocycles. The summed E-state index contributed by atoms with van der Waals surface area (Å²) in [4.78, 5) is 28.3. The van der Waals surface area contributed by atoms with Crippen LogP contribution in [0.1, 0.15) is 25.0 Å². The minimum atomic E-state index is -0.577. The molecule has 144 valence electrons. The zero-order chi connectivity index (χ0) is 20.3. The molecule has 2 aromatic carbocycles. The van der Waals surface area contributed by atoms with Gasteiger partial charge in [0.1, 0.15) is 0 Å². The molecule has 0 fully saturated rings. The predicted octanol–water partition coefficient (Wildman–Crippen LogP) is 4.25. The summed E-state index contributed by atoms with van der Waals surface area (Å²) < 4.78 is 15.8. The fraction of sp³-hybridized carbons (Fsp3) is 0.190. The van der Waals surface area contributed by atoms with Gasteiger partial charge < -0.3 is 14.2 Å². The van der Waals surface area contributed by atoms with E-state index in [-0.39, 0.29) is 29.2 Å². The zero-order valence-electron chi connectivity index (χ0n) is 15.6. The van der Waals surface area contributed by atoms with E-state index in [2.05, 4.69) is 4.99 Å². The number of cyclic esters (lactones) is 1. The SMILES string of the molecule is COc1ccc(/C=C2\N=C(c3cccc(Cl)c3)OC2=O)cc1OC(=O)C(C)C. The number of carbonyl (C=O) groups excluding carboxylic acids is 2. The number of halogens is 1. The van der Waals surface area contributed by atoms with Crippen LogP contribution >= 0.6 is 11.6 Å². The van der Waals surface area contributed by atoms with E-state index in [1.807, 2.05) is 0 Å². The minimum Gasteiger partial charge on any atom is -0.493 e. The van der Waals surface area contributed by atoms with Crippen molar-refractivity contribution >= 4 is 35.5 Å². The first-order valence-electron chi connectivity index (χ1n) is 8.55. The Morgan fingerprint density at radius 3 is 2.64 bits per heavy atom. The lowest BCUT2D eigenvalue weighted by molar-refractivity contribution is -0.137. The molecule has 0 atom stereocenters. The Hall–Kier alpha value is -3.12. The summed E-state index contributed by atoms with van der Waals surface area (Å²) in [5.74, 6) is -0.398. The maximum absolute atomic E-state index is 12.2. The lowest BCUT2D eigenvalue weighted by Crippen LogP contribution is -2.15. The van der Waals surface area contributed by atoms with Crippen LogP contribution in [0.2, 0.25) is 5.02 Å². The molecule has 0 amide bonds. The molecule has 0 bridgehead atoms. The summed E-state index contributed by atoms with van der Waals surface area (Å²) in [6.07, 6.45) is 1.55. The zero-order valence-corrected chi connectivity index (χ0v) is 16.3. The molecule has 6 nitrogen and oxygen atoms in total. The molecule has 28 heavy (non-hydrogen) atoms. The van der Waals surface area contributed by atoms with E-state index in [4.69, 9.17) is 25.8 Å². The summed E-state index contributed by atoms with van der Waals surface area (Å²) in [7, 11) is 1.48. The fourth-order valence-corrected chi connectivity index (χ4v) is 2.59. The fourth-order valence-electron chi connectivity index (χ4n) is 2.40. The Balaban J connectivity index is 1.92. The molecule has 1 aliphatic heterocycles. The highest BCUT2D eigenvalue weighted by molar-refractivity contribution is 6.31. The Morgan fingerprint density at radius 2 is 1.96 bits per heavy atom. The Kier molecular flexibility index (Phi) is 5.80. The number of ether oxygens (including phenoxy) is 3. The van der Waals surface area contributed by atoms with Crippen LogP contribution in [0.5, 0.6) is 11.5 Å². The van der Waals surface area contributed by atoms with E-state index in [0.717, 1.165) is 0 Å². The van der Waals surface area contributed by atoms with Gasteiger partial charge in [0.05, 0.1) is 13.0 Å². The van der Waals surface area contributed by atoms with Crippen molar-refractivity contribution in [1.29, 1.82) is 0 Å². The number of esters is 2. The average Bonchev–Trinajstić information content (AvgIpc) is 3.02. The van der Waals surface area contributed by atoms with Crippen LogP contribution < -0.4 is 9.47 Å². The second kappa shape index (κ2) is 8.27. The number of carbonyl (C=O) groups is 2. The second-order valence-electron chi connectivity index (χ2n) is 6.33. The van der Waals surface area contributed by atoms with E-state index in [9.17, 15) is 9.59 Å². The summed E-state index contributed by atoms with van der Waals surface area (Å²) in [5.41, 5.74) is 1.34. The average molecular weight is 400 g/mol. The number of benzene rings is 2. The van der Waals surface area contributed by atoms with Gasteiger partial charge in [0.2, 0.25) is 5.90 Å². The topological polar surface area (TPSA) is 74.2 Å². The van der Waals surface area contributed by atoms with Crippen molar-refractivity contribution < 1.29 is 23.8 Å². The standard InChI is InChI=1S/C21H18ClNO5/c1-12(2)20(24)27-18-10-13(7-8-17(18)26-3)9-16-21(25)28-19(23-16)14-5-4-6-15(22)11-14/h4-12H,1-3H3/b16-9-. The van der Waals surface area contributed by atoms with Gasteiger partial charge in [-0.25, -0.2) is 9.79 Å². The van der Waals surface area contributed by atoms with Crippen molar-refractivity contribution in [3.05, 3.63) is 64.3 Å². The van der Waals surface area contributed by atoms with Gasteiger partial charge in [0.15, 0.2) is 17.2 Å². The van der Waals surface area contributed by atoms with Crippen LogP contribution in [-0.4, -0.2) is 24.9 Å². The number of methoxy groups -OCH3 is 1. The minimum absolute atomic E-state index is 0.126. The smallest absolute Gasteiger partial charge is 0.363 e. The molecule has 3 rings (SSSR count). The van der Waals surface area contributed by atoms with Crippen molar-refractivity contribution in [3.8, 4) is 11.5 Å². The maximum atomic E-state index is 12.2. The molecule has 0 aliphatic carbocycles. The summed E-state index contributed by atoms with van der Waals surface area (Å²) in [6, 6.07) is 11.8. The normalized spacial score (nSPS) is 14.8. The molecular formula is C21H18ClNO5. The van der Waals surface area contributed by atoms with Gasteiger partial charge in [0.25, 0.3) is 0 Å². The third kappa shape index (κ3) is 4.40. The van der Waals surface area contributed by atoms with Gasteiger partial charge in [-0.15, -0.1) is 0 Å². The lowest BCUT2D eigenvalue weighted by Gasteiger charge is -2.11. The van der Waals surface area contributed by atoms with Crippen molar-refractivity contribution in [2.75, 3.05) is 7.11 Å². The molecule has 1 heterocycles. The van der Waals surface area contributed by atoms with Crippen molar-refractivity contribution in [3.63, 3.8) is 0 Å². The first-order chi connectivity index (χ1) is 13.4. The largest absolute Gasteiger partial charge is 0.493 e. The lowest BCUT2D eigenvalue weighted by atomic mass is 10.1. The van der Waals surface area contributed by atoms with Crippen LogP contribution in [-0.2, 0) is 14.3 Å². The number of nitrogens with zero attached hydrogens (tertiary/aromatic N) is 1. The maximum Gasteiger partial charge on any atom is 0.363 e. The summed E-state index contributed by atoms with van der Waals surface area (Å²) in [6.45, 7) is 3.47. The van der Waals surface area contributed by atoms with Gasteiger partial charge in [-0.3, -0.25) is 4.79 Å². The third-order valence-corrected chi connectivity index (χ3v) is 4.10. The third-order valence-electron chi connectivity index (χ3n) is 3.87. The molecule has 7 heteroatoms. The predicted molar refractivity (Wildman–Crippen MR) is 106 cm³/mol. The van der Waals surface area contributed by atoms with E-state index < -0.39 is 5.97 Å². The van der Waals surface area contributed by atoms with Crippen molar-refractivity contribution in [1.82, 2.24) is 0 Å². The van der Waals surface area contributed by atoms with Crippen LogP contribution in [0.25, 0.3) is 6.08 Å². The van der Waals surface area contributed by atoms with Crippen molar-refractivity contribution in [2.45, 2.75) is 13.8 Å². The Bertz CT molecular complexity index is 994. The Labute approximate surface area is 167 Å². The Morgan fingerprint density at radius 1 is 1.18 bits per heavy atom. The first kappa shape index (κ1) is 19.6. The number of aliphatic imine (C=N–C) groups is 1. The summed E-state index contributed by atoms with van der Waals surface area (Å²) in [5, 5.41) is 0.514. The monoisotopic (exact) mass is 399 g/mol. The van der Waals surface area contributed by atoms with Crippen LogP contribution in [0.15, 0.2) is 53.2 Å². The van der Waals surface area contributed by atoms with Gasteiger partial charge >= 0.3 is 11.9 Å². The van der Waals surface area contributed by atoms with E-state index in [1.54, 1.807) is 62.4 Å². The van der Waals surface area contributed by atoms with Crippen LogP contribution in [0, 0.1) is 5.92 Å². The summed E-state index contributed by atoms with van der Waals surface area (Å²) >= 11 is 5.97. The first-order valence-corrected chi connectivity index (χ1v) is 8.93.